The van der Waals surface area contributed by atoms with Crippen molar-refractivity contribution in [3.05, 3.63) is 56.0 Å². The number of nitrogens with zero attached hydrogens (tertiary/aromatic N) is 1. The summed E-state index contributed by atoms with van der Waals surface area (Å²) >= 11 is 6.67. The number of nitrogens with one attached hydrogen (secondary N) is 2. The summed E-state index contributed by atoms with van der Waals surface area (Å²) in [5.74, 6) is -1.46. The monoisotopic (exact) mass is 495 g/mol. The number of ketones is 1. The molecule has 0 fully saturated rings. The van der Waals surface area contributed by atoms with Crippen molar-refractivity contribution in [2.24, 2.45) is 5.16 Å². The molecule has 0 bridgehead atoms. The molecule has 1 aliphatic heterocycles. The van der Waals surface area contributed by atoms with Gasteiger partial charge in [-0.1, -0.05) is 43.1 Å². The first-order valence-corrected chi connectivity index (χ1v) is 9.23. The highest BCUT2D eigenvalue weighted by molar-refractivity contribution is 9.10. The molecular formula is C18H15Br2N3O4. The van der Waals surface area contributed by atoms with Gasteiger partial charge in [0.1, 0.15) is 6.21 Å². The first-order chi connectivity index (χ1) is 12.8. The minimum atomic E-state index is -0.545. The van der Waals surface area contributed by atoms with Crippen molar-refractivity contribution in [1.29, 1.82) is 0 Å². The van der Waals surface area contributed by atoms with Crippen molar-refractivity contribution in [2.45, 2.75) is 13.8 Å². The Hall–Kier alpha value is -2.52. The third-order valence-corrected chi connectivity index (χ3v) is 5.51. The average Bonchev–Trinajstić information content (AvgIpc) is 2.92. The molecule has 27 heavy (non-hydrogen) atoms. The van der Waals surface area contributed by atoms with E-state index in [1.807, 2.05) is 26.0 Å². The number of carbonyl (C=O) groups is 3. The molecule has 0 aliphatic carbocycles. The highest BCUT2D eigenvalue weighted by Crippen LogP contribution is 2.31. The fraction of sp³-hybridized carbons (Fsp3) is 0.111. The van der Waals surface area contributed by atoms with Crippen LogP contribution in [-0.2, 0) is 9.59 Å². The Bertz CT molecular complexity index is 958. The van der Waals surface area contributed by atoms with E-state index in [9.17, 15) is 14.4 Å². The van der Waals surface area contributed by atoms with E-state index in [2.05, 4.69) is 47.6 Å². The summed E-state index contributed by atoms with van der Waals surface area (Å²) in [7, 11) is 0. The van der Waals surface area contributed by atoms with Crippen LogP contribution in [0.25, 0.3) is 0 Å². The van der Waals surface area contributed by atoms with Gasteiger partial charge in [0.2, 0.25) is 0 Å². The normalized spacial score (nSPS) is 12.3. The second-order valence-corrected chi connectivity index (χ2v) is 7.23. The summed E-state index contributed by atoms with van der Waals surface area (Å²) < 4.78 is 1.80. The van der Waals surface area contributed by atoms with Crippen LogP contribution < -0.4 is 10.6 Å². The van der Waals surface area contributed by atoms with E-state index in [0.29, 0.717) is 16.9 Å². The quantitative estimate of drug-likeness (QED) is 0.252. The largest absolute Gasteiger partial charge is 0.411 e. The summed E-state index contributed by atoms with van der Waals surface area (Å²) in [6.07, 6.45) is 0.806. The Morgan fingerprint density at radius 2 is 1.78 bits per heavy atom. The van der Waals surface area contributed by atoms with E-state index < -0.39 is 17.6 Å². The smallest absolute Gasteiger partial charge is 0.296 e. The number of anilines is 2. The molecule has 2 amide bonds. The van der Waals surface area contributed by atoms with Crippen molar-refractivity contribution in [3.63, 3.8) is 0 Å². The van der Waals surface area contributed by atoms with Crippen molar-refractivity contribution in [1.82, 2.24) is 0 Å². The number of amides is 2. The zero-order chi connectivity index (χ0) is 20.1. The van der Waals surface area contributed by atoms with Crippen LogP contribution in [0.2, 0.25) is 0 Å². The molecule has 3 rings (SSSR count). The van der Waals surface area contributed by atoms with Crippen LogP contribution >= 0.6 is 31.9 Å². The lowest BCUT2D eigenvalue weighted by Gasteiger charge is -2.06. The Morgan fingerprint density at radius 3 is 2.44 bits per heavy atom. The number of carbonyl (C=O) groups excluding carboxylic acids is 3. The third kappa shape index (κ3) is 4.81. The number of oxime groups is 1. The molecule has 3 N–H and O–H groups in total. The Morgan fingerprint density at radius 1 is 1.11 bits per heavy atom. The van der Waals surface area contributed by atoms with Crippen molar-refractivity contribution in [2.75, 3.05) is 10.6 Å². The van der Waals surface area contributed by atoms with Crippen LogP contribution in [0.4, 0.5) is 11.4 Å². The van der Waals surface area contributed by atoms with Crippen molar-refractivity contribution >= 4 is 67.0 Å². The van der Waals surface area contributed by atoms with E-state index in [4.69, 9.17) is 5.21 Å². The number of halogens is 2. The predicted octanol–water partition coefficient (Wildman–Crippen LogP) is 4.05. The van der Waals surface area contributed by atoms with Crippen LogP contribution in [0.5, 0.6) is 0 Å². The highest BCUT2D eigenvalue weighted by atomic mass is 79.9. The zero-order valence-corrected chi connectivity index (χ0v) is 17.5. The van der Waals surface area contributed by atoms with E-state index in [0.717, 1.165) is 26.3 Å². The van der Waals surface area contributed by atoms with Gasteiger partial charge in [-0.15, -0.1) is 0 Å². The minimum absolute atomic E-state index is 0.453. The highest BCUT2D eigenvalue weighted by Gasteiger charge is 2.29. The predicted molar refractivity (Wildman–Crippen MR) is 110 cm³/mol. The Balaban J connectivity index is 0.000000194. The summed E-state index contributed by atoms with van der Waals surface area (Å²) in [6, 6.07) is 8.87. The third-order valence-electron chi connectivity index (χ3n) is 3.79. The van der Waals surface area contributed by atoms with Gasteiger partial charge >= 0.3 is 0 Å². The average molecular weight is 497 g/mol. The molecule has 0 unspecified atom stereocenters. The molecule has 0 radical (unpaired) electrons. The first kappa shape index (κ1) is 20.8. The maximum absolute atomic E-state index is 11.2. The van der Waals surface area contributed by atoms with Gasteiger partial charge < -0.3 is 15.8 Å². The van der Waals surface area contributed by atoms with Crippen LogP contribution in [0.1, 0.15) is 21.5 Å². The number of hydrogen-bond donors (Lipinski definition) is 3. The molecule has 2 aromatic rings. The van der Waals surface area contributed by atoms with Gasteiger partial charge in [0, 0.05) is 14.6 Å². The Labute approximate surface area is 172 Å². The Kier molecular flexibility index (Phi) is 6.86. The SMILES string of the molecule is Cc1c(Br)ccc2c1NC(=O)C2=O.Cc1c(Br)cccc1NC(=O)/C=N/O. The van der Waals surface area contributed by atoms with Gasteiger partial charge in [-0.3, -0.25) is 14.4 Å². The molecule has 0 aromatic heterocycles. The standard InChI is InChI=1S/C9H9BrN2O2.C9H6BrNO2/c1-6-7(10)3-2-4-8(6)12-9(13)5-11-14;1-4-6(10)3-2-5-7(4)11-9(13)8(5)12/h2-5,14H,1H3,(H,12,13);2-3H,1H3,(H,11,12,13)/b11-5+;. The number of fused-ring (bicyclic) bond motifs is 1. The van der Waals surface area contributed by atoms with Gasteiger partial charge in [0.05, 0.1) is 11.3 Å². The minimum Gasteiger partial charge on any atom is -0.411 e. The van der Waals surface area contributed by atoms with E-state index in [1.54, 1.807) is 18.2 Å². The van der Waals surface area contributed by atoms with E-state index in [1.165, 1.54) is 0 Å². The molecule has 0 atom stereocenters. The lowest BCUT2D eigenvalue weighted by Crippen LogP contribution is -2.13. The second kappa shape index (κ2) is 8.92. The second-order valence-electron chi connectivity index (χ2n) is 5.52. The molecule has 0 saturated heterocycles. The maximum Gasteiger partial charge on any atom is 0.296 e. The summed E-state index contributed by atoms with van der Waals surface area (Å²) in [4.78, 5) is 33.3. The summed E-state index contributed by atoms with van der Waals surface area (Å²) in [6.45, 7) is 3.72. The van der Waals surface area contributed by atoms with Crippen molar-refractivity contribution in [3.8, 4) is 0 Å². The van der Waals surface area contributed by atoms with Crippen LogP contribution in [0.3, 0.4) is 0 Å². The number of rotatable bonds is 2. The van der Waals surface area contributed by atoms with Gasteiger partial charge in [-0.05, 0) is 49.2 Å². The molecule has 0 spiro atoms. The molecule has 1 heterocycles. The maximum atomic E-state index is 11.2. The van der Waals surface area contributed by atoms with Crippen LogP contribution in [0.15, 0.2) is 44.4 Å². The van der Waals surface area contributed by atoms with Crippen LogP contribution in [0, 0.1) is 13.8 Å². The van der Waals surface area contributed by atoms with Crippen LogP contribution in [-0.4, -0.2) is 29.0 Å². The van der Waals surface area contributed by atoms with E-state index in [-0.39, 0.29) is 0 Å². The van der Waals surface area contributed by atoms with Gasteiger partial charge in [-0.25, -0.2) is 0 Å². The fourth-order valence-electron chi connectivity index (χ4n) is 2.29. The summed E-state index contributed by atoms with van der Waals surface area (Å²) in [5, 5.41) is 15.9. The molecule has 0 saturated carbocycles. The topological polar surface area (TPSA) is 108 Å². The fourth-order valence-corrected chi connectivity index (χ4v) is 2.99. The lowest BCUT2D eigenvalue weighted by molar-refractivity contribution is -0.112. The van der Waals surface area contributed by atoms with E-state index >= 15 is 0 Å². The molecule has 2 aromatic carbocycles. The molecule has 7 nitrogen and oxygen atoms in total. The lowest BCUT2D eigenvalue weighted by atomic mass is 10.1. The van der Waals surface area contributed by atoms with Gasteiger partial charge in [0.15, 0.2) is 0 Å². The zero-order valence-electron chi connectivity index (χ0n) is 14.3. The van der Waals surface area contributed by atoms with Crippen molar-refractivity contribution < 1.29 is 19.6 Å². The van der Waals surface area contributed by atoms with Gasteiger partial charge in [0.25, 0.3) is 17.6 Å². The molecular weight excluding hydrogens is 482 g/mol. The first-order valence-electron chi connectivity index (χ1n) is 7.64. The molecule has 9 heteroatoms. The number of benzene rings is 2. The number of Topliss-reactive ketones (excluding diaryl/α,β-unsaturated/α-hetero) is 1. The number of hydrogen-bond acceptors (Lipinski definition) is 5. The summed E-state index contributed by atoms with van der Waals surface area (Å²) in [5.41, 5.74) is 3.59. The molecule has 140 valence electrons. The molecule has 1 aliphatic rings. The van der Waals surface area contributed by atoms with Gasteiger partial charge in [-0.2, -0.15) is 0 Å².